The predicted octanol–water partition coefficient (Wildman–Crippen LogP) is 8.70. The average molecular weight is 853 g/mol. The number of methoxy groups -OCH3 is 4. The van der Waals surface area contributed by atoms with Gasteiger partial charge in [-0.25, -0.2) is 0 Å². The van der Waals surface area contributed by atoms with Gasteiger partial charge in [0.15, 0.2) is 17.3 Å². The number of nitrogens with zero attached hydrogens (tertiary/aromatic N) is 6. The van der Waals surface area contributed by atoms with Crippen LogP contribution in [-0.4, -0.2) is 81.2 Å². The van der Waals surface area contributed by atoms with Gasteiger partial charge >= 0.3 is 0 Å². The molecule has 4 aliphatic heterocycles. The molecule has 0 spiro atoms. The summed E-state index contributed by atoms with van der Waals surface area (Å²) in [5, 5.41) is 0. The van der Waals surface area contributed by atoms with Crippen LogP contribution in [0.2, 0.25) is 0 Å². The lowest BCUT2D eigenvalue weighted by Gasteiger charge is -2.46. The van der Waals surface area contributed by atoms with Crippen molar-refractivity contribution in [1.29, 1.82) is 0 Å². The summed E-state index contributed by atoms with van der Waals surface area (Å²) in [5.41, 5.74) is 11.4. The molecular weight excluding hydrogens is 801 g/mol. The molecule has 2 atom stereocenters. The fourth-order valence-corrected chi connectivity index (χ4v) is 10.3. The number of hydrogen-bond donors (Lipinski definition) is 0. The summed E-state index contributed by atoms with van der Waals surface area (Å²) in [6.07, 6.45) is 1.66. The van der Waals surface area contributed by atoms with E-state index in [9.17, 15) is 0 Å². The fourth-order valence-electron chi connectivity index (χ4n) is 10.3. The molecule has 6 aromatic rings. The number of fused-ring (bicyclic) bond motifs is 4. The number of allylic oxidation sites excluding steroid dienone is 2. The lowest BCUT2D eigenvalue weighted by molar-refractivity contribution is -0.109. The van der Waals surface area contributed by atoms with Crippen LogP contribution in [0, 0.1) is 0 Å². The molecule has 324 valence electrons. The Bertz CT molecular complexity index is 2640. The molecule has 0 saturated carbocycles. The van der Waals surface area contributed by atoms with Gasteiger partial charge in [0.1, 0.15) is 11.6 Å². The first-order valence-electron chi connectivity index (χ1n) is 21.8. The van der Waals surface area contributed by atoms with E-state index in [1.165, 1.54) is 22.3 Å². The first-order chi connectivity index (χ1) is 31.3. The van der Waals surface area contributed by atoms with E-state index in [2.05, 4.69) is 131 Å². The zero-order valence-electron chi connectivity index (χ0n) is 37.2. The third-order valence-corrected chi connectivity index (χ3v) is 13.3. The number of aromatic nitrogens is 2. The van der Waals surface area contributed by atoms with Crippen LogP contribution in [0.5, 0.6) is 23.3 Å². The molecule has 0 aliphatic carbocycles. The summed E-state index contributed by atoms with van der Waals surface area (Å²) in [4.78, 5) is 36.6. The second-order valence-electron chi connectivity index (χ2n) is 16.7. The topological polar surface area (TPSA) is 92.7 Å². The molecule has 0 fully saturated rings. The lowest BCUT2D eigenvalue weighted by atomic mass is 9.80. The van der Waals surface area contributed by atoms with E-state index in [0.29, 0.717) is 83.3 Å². The SMILES string of the molecule is COc1cc2c(nc1OC)N(C)C(c1ccccc1)C(N1CCc3ccccc3C1)=C2C(=O)C1=C(N2CCc3ccccc3C2)C(c2ccccc2)N(C)c2nc(OC)c(OC)cc21. The molecule has 0 amide bonds. The van der Waals surface area contributed by atoms with Crippen LogP contribution in [0.25, 0.3) is 11.1 Å². The van der Waals surface area contributed by atoms with Crippen molar-refractivity contribution in [2.75, 3.05) is 65.4 Å². The van der Waals surface area contributed by atoms with Gasteiger partial charge in [0.2, 0.25) is 0 Å². The molecule has 4 aromatic carbocycles. The minimum absolute atomic E-state index is 0.142. The van der Waals surface area contributed by atoms with Crippen LogP contribution in [0.15, 0.2) is 133 Å². The van der Waals surface area contributed by atoms with Gasteiger partial charge in [-0.2, -0.15) is 9.97 Å². The molecule has 0 N–H and O–H groups in total. The monoisotopic (exact) mass is 852 g/mol. The highest BCUT2D eigenvalue weighted by Crippen LogP contribution is 2.54. The second kappa shape index (κ2) is 16.8. The maximum atomic E-state index is 17.1. The number of ketones is 1. The third kappa shape index (κ3) is 6.77. The van der Waals surface area contributed by atoms with E-state index in [0.717, 1.165) is 35.4 Å². The van der Waals surface area contributed by atoms with Crippen LogP contribution >= 0.6 is 0 Å². The predicted molar refractivity (Wildman–Crippen MR) is 250 cm³/mol. The van der Waals surface area contributed by atoms with Crippen molar-refractivity contribution in [1.82, 2.24) is 19.8 Å². The van der Waals surface area contributed by atoms with Crippen molar-refractivity contribution < 1.29 is 23.7 Å². The van der Waals surface area contributed by atoms with Gasteiger partial charge in [-0.15, -0.1) is 0 Å². The van der Waals surface area contributed by atoms with Crippen molar-refractivity contribution in [3.63, 3.8) is 0 Å². The number of anilines is 2. The summed E-state index contributed by atoms with van der Waals surface area (Å²) in [7, 11) is 10.5. The Morgan fingerprint density at radius 3 is 1.27 bits per heavy atom. The highest BCUT2D eigenvalue weighted by Gasteiger charge is 2.46. The summed E-state index contributed by atoms with van der Waals surface area (Å²) >= 11 is 0. The summed E-state index contributed by atoms with van der Waals surface area (Å²) in [5.74, 6) is 2.62. The average Bonchev–Trinajstić information content (AvgIpc) is 3.35. The molecular formula is C53H52N6O5. The van der Waals surface area contributed by atoms with Crippen LogP contribution in [0.1, 0.15) is 56.6 Å². The Morgan fingerprint density at radius 1 is 0.516 bits per heavy atom. The maximum absolute atomic E-state index is 17.1. The van der Waals surface area contributed by atoms with Crippen LogP contribution in [0.3, 0.4) is 0 Å². The van der Waals surface area contributed by atoms with E-state index < -0.39 is 12.1 Å². The quantitative estimate of drug-likeness (QED) is 0.133. The zero-order chi connectivity index (χ0) is 44.1. The van der Waals surface area contributed by atoms with E-state index in [1.54, 1.807) is 28.4 Å². The summed E-state index contributed by atoms with van der Waals surface area (Å²) < 4.78 is 23.7. The van der Waals surface area contributed by atoms with Crippen molar-refractivity contribution in [2.24, 2.45) is 0 Å². The van der Waals surface area contributed by atoms with Gasteiger partial charge in [0.05, 0.1) is 63.1 Å². The molecule has 4 aliphatic rings. The number of carbonyl (C=O) groups excluding carboxylic acids is 1. The number of hydrogen-bond acceptors (Lipinski definition) is 11. The molecule has 64 heavy (non-hydrogen) atoms. The van der Waals surface area contributed by atoms with Crippen LogP contribution < -0.4 is 28.7 Å². The number of Topliss-reactive ketones (excluding diaryl/α,β-unsaturated/α-hetero) is 1. The number of pyridine rings is 2. The van der Waals surface area contributed by atoms with Crippen LogP contribution in [-0.2, 0) is 30.7 Å². The molecule has 0 saturated heterocycles. The number of carbonyl (C=O) groups is 1. The molecule has 6 heterocycles. The Balaban J connectivity index is 1.33. The molecule has 2 unspecified atom stereocenters. The lowest BCUT2D eigenvalue weighted by Crippen LogP contribution is -2.43. The van der Waals surface area contributed by atoms with Crippen molar-refractivity contribution >= 4 is 28.6 Å². The van der Waals surface area contributed by atoms with Crippen LogP contribution in [0.4, 0.5) is 11.6 Å². The third-order valence-electron chi connectivity index (χ3n) is 13.3. The van der Waals surface area contributed by atoms with Gasteiger partial charge in [-0.05, 0) is 58.4 Å². The Labute approximate surface area is 374 Å². The Kier molecular flexibility index (Phi) is 10.7. The van der Waals surface area contributed by atoms with Gasteiger partial charge in [-0.1, -0.05) is 109 Å². The van der Waals surface area contributed by atoms with Crippen molar-refractivity contribution in [3.8, 4) is 23.3 Å². The van der Waals surface area contributed by atoms with Gasteiger partial charge in [0, 0.05) is 51.4 Å². The Morgan fingerprint density at radius 2 is 0.891 bits per heavy atom. The molecule has 2 aromatic heterocycles. The van der Waals surface area contributed by atoms with Crippen molar-refractivity contribution in [2.45, 2.75) is 38.0 Å². The fraction of sp³-hybridized carbons (Fsp3) is 0.264. The van der Waals surface area contributed by atoms with Crippen molar-refractivity contribution in [3.05, 3.63) is 177 Å². The van der Waals surface area contributed by atoms with E-state index in [1.807, 2.05) is 24.3 Å². The van der Waals surface area contributed by atoms with E-state index in [-0.39, 0.29) is 5.78 Å². The summed E-state index contributed by atoms with van der Waals surface area (Å²) in [6, 6.07) is 41.2. The first kappa shape index (κ1) is 40.8. The standard InChI is InChI=1S/C53H52N6O5/c1-56-45(35-19-9-7-10-20-35)47(58-27-25-33-17-13-15-23-37(33)31-58)43(39-29-41(61-3)52(63-5)54-50(39)56)49(60)44-40-30-42(62-4)53(64-6)55-51(40)57(2)46(36-21-11-8-12-22-36)48(44)59-28-26-34-18-14-16-24-38(34)32-59/h7-24,29-30,45-46H,25-28,31-32H2,1-6H3. The largest absolute Gasteiger partial charge is 0.491 e. The number of rotatable bonds is 10. The molecule has 10 rings (SSSR count). The minimum Gasteiger partial charge on any atom is -0.491 e. The zero-order valence-corrected chi connectivity index (χ0v) is 37.2. The normalized spacial score (nSPS) is 17.9. The first-order valence-corrected chi connectivity index (χ1v) is 21.8. The Hall–Kier alpha value is -7.27. The second-order valence-corrected chi connectivity index (χ2v) is 16.7. The number of likely N-dealkylation sites (N-methyl/N-ethyl adjacent to an activating group) is 2. The van der Waals surface area contributed by atoms with Gasteiger partial charge < -0.3 is 38.5 Å². The molecule has 11 heteroatoms. The minimum atomic E-state index is -0.395. The molecule has 11 nitrogen and oxygen atoms in total. The smallest absolute Gasteiger partial charge is 0.258 e. The molecule has 0 bridgehead atoms. The number of ether oxygens (including phenoxy) is 4. The van der Waals surface area contributed by atoms with Gasteiger partial charge in [0.25, 0.3) is 11.8 Å². The number of benzene rings is 4. The summed E-state index contributed by atoms with van der Waals surface area (Å²) in [6.45, 7) is 2.68. The molecule has 0 radical (unpaired) electrons. The van der Waals surface area contributed by atoms with E-state index in [4.69, 9.17) is 28.9 Å². The maximum Gasteiger partial charge on any atom is 0.258 e. The van der Waals surface area contributed by atoms with E-state index >= 15 is 4.79 Å². The highest BCUT2D eigenvalue weighted by atomic mass is 16.5. The highest BCUT2D eigenvalue weighted by molar-refractivity contribution is 6.44. The van der Waals surface area contributed by atoms with Gasteiger partial charge in [-0.3, -0.25) is 4.79 Å².